The number of anilines is 1. The van der Waals surface area contributed by atoms with E-state index in [1.54, 1.807) is 20.2 Å². The molecule has 4 rings (SSSR count). The summed E-state index contributed by atoms with van der Waals surface area (Å²) in [6, 6.07) is 4.45. The fourth-order valence-electron chi connectivity index (χ4n) is 4.16. The number of carbonyl (C=O) groups excluding carboxylic acids is 2. The normalized spacial score (nSPS) is 19.3. The molecule has 1 atom stereocenters. The van der Waals surface area contributed by atoms with E-state index in [0.29, 0.717) is 56.0 Å². The number of piperidine rings is 1. The van der Waals surface area contributed by atoms with Gasteiger partial charge in [-0.15, -0.1) is 0 Å². The maximum Gasteiger partial charge on any atom is 0.272 e. The molecule has 8 nitrogen and oxygen atoms in total. The average molecular weight is 445 g/mol. The lowest BCUT2D eigenvalue weighted by molar-refractivity contribution is -0.182. The van der Waals surface area contributed by atoms with E-state index < -0.39 is 17.7 Å². The van der Waals surface area contributed by atoms with E-state index in [-0.39, 0.29) is 17.7 Å². The molecule has 3 heterocycles. The van der Waals surface area contributed by atoms with Crippen LogP contribution in [0.3, 0.4) is 0 Å². The molecule has 2 amide bonds. The summed E-state index contributed by atoms with van der Waals surface area (Å²) in [5.74, 6) is -1.36. The second-order valence-corrected chi connectivity index (χ2v) is 8.23. The lowest BCUT2D eigenvalue weighted by atomic mass is 9.94. The number of carbonyl (C=O) groups is 2. The fraction of sp³-hybridized carbons (Fsp3) is 0.455. The summed E-state index contributed by atoms with van der Waals surface area (Å²) in [6.45, 7) is 1.48. The highest BCUT2D eigenvalue weighted by Gasteiger charge is 2.37. The molecule has 1 aromatic carbocycles. The van der Waals surface area contributed by atoms with Crippen LogP contribution in [0.1, 0.15) is 41.4 Å². The smallest absolute Gasteiger partial charge is 0.272 e. The number of hydroxylamine groups is 2. The first-order chi connectivity index (χ1) is 15.3. The van der Waals surface area contributed by atoms with Gasteiger partial charge in [0.2, 0.25) is 5.91 Å². The average Bonchev–Trinajstić information content (AvgIpc) is 3.27. The zero-order valence-electron chi connectivity index (χ0n) is 18.0. The molecular formula is C22H25F2N5O3. The van der Waals surface area contributed by atoms with Crippen molar-refractivity contribution >= 4 is 17.6 Å². The van der Waals surface area contributed by atoms with Gasteiger partial charge in [-0.3, -0.25) is 14.4 Å². The summed E-state index contributed by atoms with van der Waals surface area (Å²) in [5.41, 5.74) is 0.707. The zero-order valence-corrected chi connectivity index (χ0v) is 18.0. The van der Waals surface area contributed by atoms with Gasteiger partial charge in [0.05, 0.1) is 12.6 Å². The molecule has 0 bridgehead atoms. The van der Waals surface area contributed by atoms with Crippen LogP contribution in [0.2, 0.25) is 0 Å². The Labute approximate surface area is 184 Å². The van der Waals surface area contributed by atoms with E-state index in [1.165, 1.54) is 28.4 Å². The van der Waals surface area contributed by atoms with E-state index in [2.05, 4.69) is 9.97 Å². The summed E-state index contributed by atoms with van der Waals surface area (Å²) in [7, 11) is 3.32. The van der Waals surface area contributed by atoms with Crippen LogP contribution < -0.4 is 4.90 Å². The van der Waals surface area contributed by atoms with Gasteiger partial charge in [-0.2, -0.15) is 0 Å². The van der Waals surface area contributed by atoms with Crippen molar-refractivity contribution in [1.82, 2.24) is 19.9 Å². The summed E-state index contributed by atoms with van der Waals surface area (Å²) >= 11 is 0. The van der Waals surface area contributed by atoms with Gasteiger partial charge < -0.3 is 9.80 Å². The lowest BCUT2D eigenvalue weighted by Crippen LogP contribution is -2.42. The van der Waals surface area contributed by atoms with Crippen molar-refractivity contribution in [3.05, 3.63) is 53.5 Å². The Morgan fingerprint density at radius 3 is 2.38 bits per heavy atom. The minimum atomic E-state index is -0.676. The number of halogens is 2. The quantitative estimate of drug-likeness (QED) is 0.720. The van der Waals surface area contributed by atoms with Crippen molar-refractivity contribution in [3.63, 3.8) is 0 Å². The highest BCUT2D eigenvalue weighted by molar-refractivity contribution is 5.92. The minimum absolute atomic E-state index is 0.178. The van der Waals surface area contributed by atoms with Crippen LogP contribution >= 0.6 is 0 Å². The van der Waals surface area contributed by atoms with Crippen LogP contribution in [-0.4, -0.2) is 65.5 Å². The number of benzene rings is 1. The van der Waals surface area contributed by atoms with Crippen LogP contribution in [0.15, 0.2) is 30.6 Å². The van der Waals surface area contributed by atoms with E-state index in [1.807, 2.05) is 4.90 Å². The molecule has 2 aliphatic heterocycles. The van der Waals surface area contributed by atoms with Crippen molar-refractivity contribution in [3.8, 4) is 0 Å². The molecule has 2 aromatic rings. The minimum Gasteiger partial charge on any atom is -0.356 e. The third-order valence-electron chi connectivity index (χ3n) is 5.84. The van der Waals surface area contributed by atoms with Crippen molar-refractivity contribution in [2.75, 3.05) is 38.7 Å². The molecule has 2 saturated heterocycles. The Morgan fingerprint density at radius 1 is 1.03 bits per heavy atom. The van der Waals surface area contributed by atoms with E-state index >= 15 is 0 Å². The first kappa shape index (κ1) is 22.1. The van der Waals surface area contributed by atoms with E-state index in [9.17, 15) is 18.4 Å². The Hall–Kier alpha value is -3.14. The molecule has 2 fully saturated rings. The SMILES string of the molecule is CN(C)C(=O)c1cc(N2CCC(C(=O)N3OCC[C@H]3c3cc(F)cc(F)c3)CC2)ncn1. The second-order valence-electron chi connectivity index (χ2n) is 8.23. The van der Waals surface area contributed by atoms with E-state index in [4.69, 9.17) is 4.84 Å². The van der Waals surface area contributed by atoms with Crippen LogP contribution in [0.5, 0.6) is 0 Å². The topological polar surface area (TPSA) is 78.9 Å². The second kappa shape index (κ2) is 9.15. The molecule has 0 saturated carbocycles. The van der Waals surface area contributed by atoms with Gasteiger partial charge in [0.1, 0.15) is 29.5 Å². The summed E-state index contributed by atoms with van der Waals surface area (Å²) in [6.07, 6.45) is 3.00. The number of aromatic nitrogens is 2. The zero-order chi connectivity index (χ0) is 22.8. The van der Waals surface area contributed by atoms with Gasteiger partial charge in [-0.25, -0.2) is 23.8 Å². The third-order valence-corrected chi connectivity index (χ3v) is 5.84. The highest BCUT2D eigenvalue weighted by atomic mass is 19.1. The van der Waals surface area contributed by atoms with Gasteiger partial charge >= 0.3 is 0 Å². The van der Waals surface area contributed by atoms with E-state index in [0.717, 1.165) is 6.07 Å². The van der Waals surface area contributed by atoms with Crippen LogP contribution in [0.25, 0.3) is 0 Å². The van der Waals surface area contributed by atoms with Crippen molar-refractivity contribution in [2.24, 2.45) is 5.92 Å². The maximum atomic E-state index is 13.7. The molecule has 32 heavy (non-hydrogen) atoms. The van der Waals surface area contributed by atoms with Crippen LogP contribution in [0.4, 0.5) is 14.6 Å². The van der Waals surface area contributed by atoms with Gasteiger partial charge in [0.25, 0.3) is 5.91 Å². The number of rotatable bonds is 4. The van der Waals surface area contributed by atoms with Gasteiger partial charge in [-0.05, 0) is 30.5 Å². The molecule has 2 aliphatic rings. The number of amides is 2. The van der Waals surface area contributed by atoms with Crippen LogP contribution in [0, 0.1) is 17.6 Å². The molecule has 170 valence electrons. The molecule has 0 unspecified atom stereocenters. The number of hydrogen-bond acceptors (Lipinski definition) is 6. The summed E-state index contributed by atoms with van der Waals surface area (Å²) in [5, 5.41) is 1.28. The monoisotopic (exact) mass is 445 g/mol. The molecular weight excluding hydrogens is 420 g/mol. The maximum absolute atomic E-state index is 13.7. The highest BCUT2D eigenvalue weighted by Crippen LogP contribution is 2.34. The van der Waals surface area contributed by atoms with Crippen molar-refractivity contribution in [1.29, 1.82) is 0 Å². The van der Waals surface area contributed by atoms with Crippen molar-refractivity contribution in [2.45, 2.75) is 25.3 Å². The first-order valence-corrected chi connectivity index (χ1v) is 10.5. The Morgan fingerprint density at radius 2 is 1.72 bits per heavy atom. The molecule has 10 heteroatoms. The number of nitrogens with zero attached hydrogens (tertiary/aromatic N) is 5. The van der Waals surface area contributed by atoms with Gasteiger partial charge in [0, 0.05) is 51.7 Å². The van der Waals surface area contributed by atoms with Crippen LogP contribution in [-0.2, 0) is 9.63 Å². The lowest BCUT2D eigenvalue weighted by Gasteiger charge is -2.34. The Balaban J connectivity index is 1.41. The molecule has 0 aliphatic carbocycles. The number of hydrogen-bond donors (Lipinski definition) is 0. The van der Waals surface area contributed by atoms with Gasteiger partial charge in [0.15, 0.2) is 0 Å². The molecule has 0 spiro atoms. The first-order valence-electron chi connectivity index (χ1n) is 10.5. The Bertz CT molecular complexity index is 991. The molecule has 0 N–H and O–H groups in total. The van der Waals surface area contributed by atoms with Gasteiger partial charge in [-0.1, -0.05) is 0 Å². The molecule has 0 radical (unpaired) electrons. The fourth-order valence-corrected chi connectivity index (χ4v) is 4.16. The third kappa shape index (κ3) is 4.55. The summed E-state index contributed by atoms with van der Waals surface area (Å²) in [4.78, 5) is 42.6. The standard InChI is InChI=1S/C22H25F2N5O3/c1-27(2)22(31)18-12-20(26-13-25-18)28-6-3-14(4-7-28)21(30)29-19(5-8-32-29)15-9-16(23)11-17(24)10-15/h9-14,19H,3-8H2,1-2H3/t19-/m0/s1. The predicted octanol–water partition coefficient (Wildman–Crippen LogP) is 2.58. The molecule has 1 aromatic heterocycles. The Kier molecular flexibility index (Phi) is 6.31. The summed E-state index contributed by atoms with van der Waals surface area (Å²) < 4.78 is 27.3. The predicted molar refractivity (Wildman–Crippen MR) is 112 cm³/mol. The van der Waals surface area contributed by atoms with Crippen molar-refractivity contribution < 1.29 is 23.2 Å². The largest absolute Gasteiger partial charge is 0.356 e.